The van der Waals surface area contributed by atoms with Gasteiger partial charge in [-0.15, -0.1) is 0 Å². The molecule has 0 radical (unpaired) electrons. The number of aryl methyl sites for hydroxylation is 1. The molecule has 1 heterocycles. The van der Waals surface area contributed by atoms with E-state index in [-0.39, 0.29) is 16.4 Å². The van der Waals surface area contributed by atoms with Crippen LogP contribution in [0, 0.1) is 6.92 Å². The van der Waals surface area contributed by atoms with Crippen LogP contribution in [0.3, 0.4) is 0 Å². The highest BCUT2D eigenvalue weighted by Crippen LogP contribution is 2.26. The first-order valence-electron chi connectivity index (χ1n) is 8.71. The van der Waals surface area contributed by atoms with Crippen LogP contribution in [0.25, 0.3) is 0 Å². The average molecular weight is 395 g/mol. The van der Waals surface area contributed by atoms with Crippen LogP contribution in [-0.2, 0) is 16.6 Å². The van der Waals surface area contributed by atoms with Crippen molar-refractivity contribution in [1.82, 2.24) is 10.3 Å². The smallest absolute Gasteiger partial charge is 0.264 e. The molecule has 7 heteroatoms. The van der Waals surface area contributed by atoms with Crippen LogP contribution in [0.15, 0.2) is 78.0 Å². The standard InChI is InChI=1S/C21H21N3O3S/c1-16-7-9-18(10-8-16)28(26,27)24(2)20-6-4-3-5-19(20)21(25)23-15-17-11-13-22-14-12-17/h3-14H,15H2,1-2H3,(H,23,25). The number of para-hydroxylation sites is 1. The van der Waals surface area contributed by atoms with E-state index in [4.69, 9.17) is 0 Å². The van der Waals surface area contributed by atoms with Crippen molar-refractivity contribution in [3.63, 3.8) is 0 Å². The molecule has 0 saturated carbocycles. The number of benzene rings is 2. The van der Waals surface area contributed by atoms with E-state index >= 15 is 0 Å². The zero-order valence-electron chi connectivity index (χ0n) is 15.7. The number of pyridine rings is 1. The Morgan fingerprint density at radius 3 is 2.32 bits per heavy atom. The molecule has 144 valence electrons. The molecule has 3 rings (SSSR count). The summed E-state index contributed by atoms with van der Waals surface area (Å²) in [5.41, 5.74) is 2.48. The van der Waals surface area contributed by atoms with Crippen molar-refractivity contribution in [2.75, 3.05) is 11.4 Å². The Morgan fingerprint density at radius 2 is 1.64 bits per heavy atom. The van der Waals surface area contributed by atoms with Gasteiger partial charge < -0.3 is 5.32 Å². The summed E-state index contributed by atoms with van der Waals surface area (Å²) in [4.78, 5) is 16.8. The molecule has 0 saturated heterocycles. The van der Waals surface area contributed by atoms with Crippen molar-refractivity contribution in [1.29, 1.82) is 0 Å². The quantitative estimate of drug-likeness (QED) is 0.695. The molecule has 3 aromatic rings. The number of amides is 1. The molecular weight excluding hydrogens is 374 g/mol. The minimum Gasteiger partial charge on any atom is -0.348 e. The zero-order valence-corrected chi connectivity index (χ0v) is 16.5. The Hall–Kier alpha value is -3.19. The SMILES string of the molecule is Cc1ccc(S(=O)(=O)N(C)c2ccccc2C(=O)NCc2ccncc2)cc1. The lowest BCUT2D eigenvalue weighted by Gasteiger charge is -2.22. The highest BCUT2D eigenvalue weighted by atomic mass is 32.2. The van der Waals surface area contributed by atoms with E-state index in [9.17, 15) is 13.2 Å². The average Bonchev–Trinajstić information content (AvgIpc) is 2.72. The monoisotopic (exact) mass is 395 g/mol. The van der Waals surface area contributed by atoms with Crippen LogP contribution in [0.1, 0.15) is 21.5 Å². The maximum Gasteiger partial charge on any atom is 0.264 e. The minimum atomic E-state index is -3.79. The van der Waals surface area contributed by atoms with E-state index in [1.165, 1.54) is 7.05 Å². The number of anilines is 1. The number of sulfonamides is 1. The maximum atomic E-state index is 13.0. The molecule has 0 fully saturated rings. The van der Waals surface area contributed by atoms with Crippen LogP contribution in [-0.4, -0.2) is 26.4 Å². The van der Waals surface area contributed by atoms with Gasteiger partial charge in [0.2, 0.25) is 0 Å². The summed E-state index contributed by atoms with van der Waals surface area (Å²) in [5.74, 6) is -0.349. The Kier molecular flexibility index (Phi) is 5.75. The first kappa shape index (κ1) is 19.6. The zero-order chi connectivity index (χ0) is 20.1. The second kappa shape index (κ2) is 8.22. The van der Waals surface area contributed by atoms with Crippen molar-refractivity contribution in [2.24, 2.45) is 0 Å². The fourth-order valence-electron chi connectivity index (χ4n) is 2.72. The fraction of sp³-hybridized carbons (Fsp3) is 0.143. The lowest BCUT2D eigenvalue weighted by molar-refractivity contribution is 0.0951. The van der Waals surface area contributed by atoms with E-state index in [2.05, 4.69) is 10.3 Å². The van der Waals surface area contributed by atoms with Gasteiger partial charge in [0.25, 0.3) is 15.9 Å². The van der Waals surface area contributed by atoms with Crippen LogP contribution < -0.4 is 9.62 Å². The van der Waals surface area contributed by atoms with Crippen molar-refractivity contribution < 1.29 is 13.2 Å². The maximum absolute atomic E-state index is 13.0. The van der Waals surface area contributed by atoms with Gasteiger partial charge in [-0.25, -0.2) is 8.42 Å². The highest BCUT2D eigenvalue weighted by Gasteiger charge is 2.24. The van der Waals surface area contributed by atoms with Gasteiger partial charge in [0, 0.05) is 26.0 Å². The van der Waals surface area contributed by atoms with Gasteiger partial charge in [0.15, 0.2) is 0 Å². The summed E-state index contributed by atoms with van der Waals surface area (Å²) in [7, 11) is -2.34. The van der Waals surface area contributed by atoms with E-state index in [0.29, 0.717) is 12.2 Å². The van der Waals surface area contributed by atoms with E-state index in [0.717, 1.165) is 15.4 Å². The second-order valence-electron chi connectivity index (χ2n) is 6.34. The van der Waals surface area contributed by atoms with Gasteiger partial charge in [-0.3, -0.25) is 14.1 Å². The number of hydrogen-bond acceptors (Lipinski definition) is 4. The topological polar surface area (TPSA) is 79.4 Å². The van der Waals surface area contributed by atoms with Crippen LogP contribution >= 0.6 is 0 Å². The van der Waals surface area contributed by atoms with Gasteiger partial charge in [-0.05, 0) is 48.9 Å². The molecule has 0 atom stereocenters. The number of nitrogens with zero attached hydrogens (tertiary/aromatic N) is 2. The number of carbonyl (C=O) groups excluding carboxylic acids is 1. The molecule has 6 nitrogen and oxygen atoms in total. The van der Waals surface area contributed by atoms with Gasteiger partial charge in [0.1, 0.15) is 0 Å². The molecule has 0 bridgehead atoms. The largest absolute Gasteiger partial charge is 0.348 e. The number of aromatic nitrogens is 1. The van der Waals surface area contributed by atoms with Crippen LogP contribution in [0.2, 0.25) is 0 Å². The van der Waals surface area contributed by atoms with Gasteiger partial charge in [-0.2, -0.15) is 0 Å². The third-order valence-corrected chi connectivity index (χ3v) is 6.16. The van der Waals surface area contributed by atoms with Crippen LogP contribution in [0.5, 0.6) is 0 Å². The summed E-state index contributed by atoms with van der Waals surface area (Å²) < 4.78 is 27.1. The van der Waals surface area contributed by atoms with Gasteiger partial charge in [0.05, 0.1) is 16.1 Å². The Balaban J connectivity index is 1.86. The van der Waals surface area contributed by atoms with Crippen molar-refractivity contribution in [3.8, 4) is 0 Å². The third kappa shape index (κ3) is 4.20. The third-order valence-electron chi connectivity index (χ3n) is 4.37. The molecule has 0 aliphatic carbocycles. The molecule has 0 unspecified atom stereocenters. The van der Waals surface area contributed by atoms with E-state index in [1.807, 2.05) is 6.92 Å². The molecule has 0 aliphatic rings. The summed E-state index contributed by atoms with van der Waals surface area (Å²) >= 11 is 0. The van der Waals surface area contributed by atoms with Crippen molar-refractivity contribution >= 4 is 21.6 Å². The molecule has 0 aliphatic heterocycles. The Morgan fingerprint density at radius 1 is 1.00 bits per heavy atom. The molecule has 2 aromatic carbocycles. The number of hydrogen-bond donors (Lipinski definition) is 1. The lowest BCUT2D eigenvalue weighted by atomic mass is 10.1. The summed E-state index contributed by atoms with van der Waals surface area (Å²) in [5, 5.41) is 2.82. The molecular formula is C21H21N3O3S. The molecule has 0 spiro atoms. The van der Waals surface area contributed by atoms with Gasteiger partial charge in [-0.1, -0.05) is 29.8 Å². The normalized spacial score (nSPS) is 11.1. The predicted octanol–water partition coefficient (Wildman–Crippen LogP) is 3.15. The number of nitrogens with one attached hydrogen (secondary N) is 1. The molecule has 28 heavy (non-hydrogen) atoms. The van der Waals surface area contributed by atoms with E-state index < -0.39 is 10.0 Å². The van der Waals surface area contributed by atoms with Crippen molar-refractivity contribution in [2.45, 2.75) is 18.4 Å². The van der Waals surface area contributed by atoms with E-state index in [1.54, 1.807) is 73.1 Å². The number of rotatable bonds is 6. The molecule has 1 aromatic heterocycles. The summed E-state index contributed by atoms with van der Waals surface area (Å²) in [6.45, 7) is 2.21. The first-order chi connectivity index (χ1) is 13.4. The predicted molar refractivity (Wildman–Crippen MR) is 109 cm³/mol. The molecule has 1 amide bonds. The Bertz CT molecular complexity index is 1070. The fourth-order valence-corrected chi connectivity index (χ4v) is 3.93. The van der Waals surface area contributed by atoms with Crippen LogP contribution in [0.4, 0.5) is 5.69 Å². The summed E-state index contributed by atoms with van der Waals surface area (Å²) in [6, 6.07) is 16.9. The molecule has 1 N–H and O–H groups in total. The highest BCUT2D eigenvalue weighted by molar-refractivity contribution is 7.92. The van der Waals surface area contributed by atoms with Gasteiger partial charge >= 0.3 is 0 Å². The lowest BCUT2D eigenvalue weighted by Crippen LogP contribution is -2.30. The number of carbonyl (C=O) groups is 1. The Labute approximate surface area is 164 Å². The van der Waals surface area contributed by atoms with Crippen molar-refractivity contribution in [3.05, 3.63) is 89.7 Å². The summed E-state index contributed by atoms with van der Waals surface area (Å²) in [6.07, 6.45) is 3.30. The second-order valence-corrected chi connectivity index (χ2v) is 8.31. The minimum absolute atomic E-state index is 0.174. The first-order valence-corrected chi connectivity index (χ1v) is 10.2.